The van der Waals surface area contributed by atoms with E-state index in [2.05, 4.69) is 39.6 Å². The second kappa shape index (κ2) is 6.36. The molecule has 1 aliphatic carbocycles. The third kappa shape index (κ3) is 3.33. The number of hydrogen-bond acceptors (Lipinski definition) is 4. The second-order valence-corrected chi connectivity index (χ2v) is 6.16. The summed E-state index contributed by atoms with van der Waals surface area (Å²) in [5.41, 5.74) is 10.3. The summed E-state index contributed by atoms with van der Waals surface area (Å²) in [6.07, 6.45) is 3.93. The maximum atomic E-state index is 12.5. The van der Waals surface area contributed by atoms with Crippen molar-refractivity contribution in [3.8, 4) is 0 Å². The van der Waals surface area contributed by atoms with Crippen LogP contribution in [-0.2, 0) is 12.8 Å². The number of carbonyl (C=O) groups excluding carboxylic acids is 1. The van der Waals surface area contributed by atoms with E-state index in [0.29, 0.717) is 0 Å². The van der Waals surface area contributed by atoms with Crippen molar-refractivity contribution in [3.05, 3.63) is 52.5 Å². The summed E-state index contributed by atoms with van der Waals surface area (Å²) in [7, 11) is 0. The standard InChI is InChI=1S/C18H22N4O/c1-11-12(2)21-17(19)16(20-11)18(23)22-15-9-5-8-13-6-3-4-7-14(13)10-15/h3-4,6-7,15H,5,8-10H2,1-2H3,(H2,19,21)(H,22,23)/t15-/m0/s1. The van der Waals surface area contributed by atoms with Gasteiger partial charge in [0.25, 0.3) is 5.91 Å². The molecule has 5 heteroatoms. The molecule has 1 aliphatic rings. The number of nitrogen functional groups attached to an aromatic ring is 1. The van der Waals surface area contributed by atoms with Gasteiger partial charge in [-0.2, -0.15) is 0 Å². The van der Waals surface area contributed by atoms with Crippen LogP contribution in [0.5, 0.6) is 0 Å². The van der Waals surface area contributed by atoms with Crippen molar-refractivity contribution >= 4 is 11.7 Å². The number of hydrogen-bond donors (Lipinski definition) is 2. The van der Waals surface area contributed by atoms with Crippen LogP contribution in [0.15, 0.2) is 24.3 Å². The fourth-order valence-electron chi connectivity index (χ4n) is 3.07. The molecule has 1 heterocycles. The fourth-order valence-corrected chi connectivity index (χ4v) is 3.07. The Morgan fingerprint density at radius 2 is 1.87 bits per heavy atom. The highest BCUT2D eigenvalue weighted by Gasteiger charge is 2.21. The van der Waals surface area contributed by atoms with Crippen LogP contribution in [0.25, 0.3) is 0 Å². The highest BCUT2D eigenvalue weighted by Crippen LogP contribution is 2.21. The Morgan fingerprint density at radius 1 is 1.17 bits per heavy atom. The van der Waals surface area contributed by atoms with Crippen LogP contribution in [0, 0.1) is 13.8 Å². The Balaban J connectivity index is 1.77. The highest BCUT2D eigenvalue weighted by atomic mass is 16.2. The van der Waals surface area contributed by atoms with E-state index >= 15 is 0 Å². The van der Waals surface area contributed by atoms with Crippen molar-refractivity contribution in [2.45, 2.75) is 45.6 Å². The van der Waals surface area contributed by atoms with Gasteiger partial charge in [-0.25, -0.2) is 9.97 Å². The van der Waals surface area contributed by atoms with Crippen molar-refractivity contribution in [2.24, 2.45) is 0 Å². The molecule has 2 aromatic rings. The van der Waals surface area contributed by atoms with Gasteiger partial charge >= 0.3 is 0 Å². The Bertz CT molecular complexity index is 742. The first-order valence-corrected chi connectivity index (χ1v) is 8.03. The molecule has 1 atom stereocenters. The number of amides is 1. The molecule has 0 radical (unpaired) electrons. The normalized spacial score (nSPS) is 17.2. The minimum absolute atomic E-state index is 0.106. The molecule has 23 heavy (non-hydrogen) atoms. The molecule has 0 bridgehead atoms. The van der Waals surface area contributed by atoms with Gasteiger partial charge in [0.05, 0.1) is 11.4 Å². The molecular weight excluding hydrogens is 288 g/mol. The molecule has 0 aliphatic heterocycles. The smallest absolute Gasteiger partial charge is 0.273 e. The first kappa shape index (κ1) is 15.5. The minimum atomic E-state index is -0.234. The molecule has 0 fully saturated rings. The molecule has 3 rings (SSSR count). The number of fused-ring (bicyclic) bond motifs is 1. The van der Waals surface area contributed by atoms with Crippen molar-refractivity contribution in [1.29, 1.82) is 0 Å². The van der Waals surface area contributed by atoms with Crippen LogP contribution in [0.2, 0.25) is 0 Å². The van der Waals surface area contributed by atoms with Gasteiger partial charge in [0, 0.05) is 6.04 Å². The number of carbonyl (C=O) groups is 1. The average Bonchev–Trinajstić information content (AvgIpc) is 2.72. The quantitative estimate of drug-likeness (QED) is 0.834. The molecular formula is C18H22N4O. The van der Waals surface area contributed by atoms with Crippen LogP contribution >= 0.6 is 0 Å². The molecule has 0 spiro atoms. The lowest BCUT2D eigenvalue weighted by Gasteiger charge is -2.17. The zero-order chi connectivity index (χ0) is 16.4. The van der Waals surface area contributed by atoms with E-state index in [1.54, 1.807) is 0 Å². The molecule has 3 N–H and O–H groups in total. The Morgan fingerprint density at radius 3 is 2.65 bits per heavy atom. The summed E-state index contributed by atoms with van der Waals surface area (Å²) in [6, 6.07) is 8.55. The van der Waals surface area contributed by atoms with Crippen LogP contribution in [0.1, 0.15) is 45.8 Å². The lowest BCUT2D eigenvalue weighted by molar-refractivity contribution is 0.0930. The second-order valence-electron chi connectivity index (χ2n) is 6.16. The Labute approximate surface area is 136 Å². The maximum Gasteiger partial charge on any atom is 0.273 e. The van der Waals surface area contributed by atoms with Crippen molar-refractivity contribution in [3.63, 3.8) is 0 Å². The van der Waals surface area contributed by atoms with E-state index < -0.39 is 0 Å². The molecule has 1 amide bonds. The van der Waals surface area contributed by atoms with E-state index in [1.165, 1.54) is 11.1 Å². The van der Waals surface area contributed by atoms with Crippen molar-refractivity contribution in [1.82, 2.24) is 15.3 Å². The third-order valence-electron chi connectivity index (χ3n) is 4.47. The van der Waals surface area contributed by atoms with E-state index in [-0.39, 0.29) is 23.5 Å². The number of benzene rings is 1. The maximum absolute atomic E-state index is 12.5. The van der Waals surface area contributed by atoms with Gasteiger partial charge in [-0.3, -0.25) is 4.79 Å². The topological polar surface area (TPSA) is 80.9 Å². The molecule has 0 saturated carbocycles. The summed E-state index contributed by atoms with van der Waals surface area (Å²) in [4.78, 5) is 21.0. The number of nitrogens with two attached hydrogens (primary N) is 1. The van der Waals surface area contributed by atoms with Crippen LogP contribution in [0.4, 0.5) is 5.82 Å². The number of nitrogens with zero attached hydrogens (tertiary/aromatic N) is 2. The summed E-state index contributed by atoms with van der Waals surface area (Å²) in [6.45, 7) is 3.67. The number of nitrogens with one attached hydrogen (secondary N) is 1. The van der Waals surface area contributed by atoms with Crippen LogP contribution in [0.3, 0.4) is 0 Å². The summed E-state index contributed by atoms with van der Waals surface area (Å²) >= 11 is 0. The van der Waals surface area contributed by atoms with Crippen molar-refractivity contribution in [2.75, 3.05) is 5.73 Å². The highest BCUT2D eigenvalue weighted by molar-refractivity contribution is 5.96. The molecule has 0 unspecified atom stereocenters. The molecule has 120 valence electrons. The van der Waals surface area contributed by atoms with Gasteiger partial charge in [-0.15, -0.1) is 0 Å². The number of aryl methyl sites for hydroxylation is 3. The number of rotatable bonds is 2. The van der Waals surface area contributed by atoms with Crippen LogP contribution < -0.4 is 11.1 Å². The first-order valence-electron chi connectivity index (χ1n) is 8.03. The van der Waals surface area contributed by atoms with E-state index in [0.717, 1.165) is 37.1 Å². The van der Waals surface area contributed by atoms with Gasteiger partial charge in [0.15, 0.2) is 11.5 Å². The zero-order valence-corrected chi connectivity index (χ0v) is 13.6. The van der Waals surface area contributed by atoms with Crippen molar-refractivity contribution < 1.29 is 4.79 Å². The van der Waals surface area contributed by atoms with Gasteiger partial charge in [0.1, 0.15) is 0 Å². The zero-order valence-electron chi connectivity index (χ0n) is 13.6. The monoisotopic (exact) mass is 310 g/mol. The minimum Gasteiger partial charge on any atom is -0.382 e. The molecule has 1 aromatic carbocycles. The van der Waals surface area contributed by atoms with E-state index in [1.807, 2.05) is 13.8 Å². The number of aromatic nitrogens is 2. The fraction of sp³-hybridized carbons (Fsp3) is 0.389. The largest absolute Gasteiger partial charge is 0.382 e. The predicted molar refractivity (Wildman–Crippen MR) is 90.3 cm³/mol. The lowest BCUT2D eigenvalue weighted by atomic mass is 10.0. The number of anilines is 1. The van der Waals surface area contributed by atoms with Gasteiger partial charge in [-0.05, 0) is 50.7 Å². The lowest BCUT2D eigenvalue weighted by Crippen LogP contribution is -2.37. The summed E-state index contributed by atoms with van der Waals surface area (Å²) in [5.74, 6) is -0.0397. The van der Waals surface area contributed by atoms with Crippen LogP contribution in [-0.4, -0.2) is 21.9 Å². The predicted octanol–water partition coefficient (Wildman–Crippen LogP) is 2.35. The Kier molecular flexibility index (Phi) is 4.28. The summed E-state index contributed by atoms with van der Waals surface area (Å²) in [5, 5.41) is 3.08. The van der Waals surface area contributed by atoms with Gasteiger partial charge < -0.3 is 11.1 Å². The SMILES string of the molecule is Cc1nc(N)c(C(=O)N[C@H]2CCCc3ccccc3C2)nc1C. The molecule has 1 aromatic heterocycles. The Hall–Kier alpha value is -2.43. The van der Waals surface area contributed by atoms with Gasteiger partial charge in [-0.1, -0.05) is 24.3 Å². The van der Waals surface area contributed by atoms with Gasteiger partial charge in [0.2, 0.25) is 0 Å². The van der Waals surface area contributed by atoms with E-state index in [4.69, 9.17) is 5.73 Å². The molecule has 0 saturated heterocycles. The average molecular weight is 310 g/mol. The first-order chi connectivity index (χ1) is 11.0. The van der Waals surface area contributed by atoms with E-state index in [9.17, 15) is 4.79 Å². The molecule has 5 nitrogen and oxygen atoms in total. The third-order valence-corrected chi connectivity index (χ3v) is 4.47. The summed E-state index contributed by atoms with van der Waals surface area (Å²) < 4.78 is 0.